The molecule has 0 fully saturated rings. The summed E-state index contributed by atoms with van der Waals surface area (Å²) in [6.45, 7) is 0.0828. The maximum Gasteiger partial charge on any atom is 0.340 e. The van der Waals surface area contributed by atoms with Crippen molar-refractivity contribution in [3.63, 3.8) is 0 Å². The number of ether oxygens (including phenoxy) is 1. The second kappa shape index (κ2) is 8.12. The molecule has 0 spiro atoms. The average molecular weight is 398 g/mol. The first kappa shape index (κ1) is 19.4. The lowest BCUT2D eigenvalue weighted by atomic mass is 10.1. The van der Waals surface area contributed by atoms with Crippen molar-refractivity contribution in [2.75, 3.05) is 12.4 Å². The van der Waals surface area contributed by atoms with Gasteiger partial charge in [0.2, 0.25) is 0 Å². The minimum absolute atomic E-state index is 0.0828. The van der Waals surface area contributed by atoms with Crippen LogP contribution in [0.4, 0.5) is 17.1 Å². The van der Waals surface area contributed by atoms with E-state index in [1.54, 1.807) is 36.8 Å². The van der Waals surface area contributed by atoms with Crippen molar-refractivity contribution >= 4 is 23.0 Å². The van der Waals surface area contributed by atoms with E-state index < -0.39 is 27.2 Å². The number of rotatable bonds is 7. The Kier molecular flexibility index (Phi) is 5.44. The second-order valence-corrected chi connectivity index (χ2v) is 5.72. The van der Waals surface area contributed by atoms with Crippen LogP contribution in [-0.4, -0.2) is 37.7 Å². The van der Waals surface area contributed by atoms with E-state index in [0.29, 0.717) is 11.4 Å². The highest BCUT2D eigenvalue weighted by Gasteiger charge is 2.28. The van der Waals surface area contributed by atoms with Crippen molar-refractivity contribution < 1.29 is 19.4 Å². The van der Waals surface area contributed by atoms with Crippen LogP contribution in [0.5, 0.6) is 0 Å². The number of carbonyl (C=O) groups excluding carboxylic acids is 1. The minimum atomic E-state index is -0.939. The molecule has 148 valence electrons. The summed E-state index contributed by atoms with van der Waals surface area (Å²) in [7, 11) is 1.08. The zero-order chi connectivity index (χ0) is 21.0. The molecule has 0 unspecified atom stereocenters. The van der Waals surface area contributed by atoms with Crippen molar-refractivity contribution in [2.24, 2.45) is 0 Å². The number of hydrogen-bond acceptors (Lipinski definition) is 9. The molecule has 0 radical (unpaired) electrons. The summed E-state index contributed by atoms with van der Waals surface area (Å²) in [5, 5.41) is 29.4. The van der Waals surface area contributed by atoms with Gasteiger partial charge in [0.15, 0.2) is 5.82 Å². The third-order valence-corrected chi connectivity index (χ3v) is 3.93. The van der Waals surface area contributed by atoms with Crippen LogP contribution in [0.2, 0.25) is 0 Å². The number of benzene rings is 1. The first-order valence-electron chi connectivity index (χ1n) is 8.14. The van der Waals surface area contributed by atoms with E-state index in [2.05, 4.69) is 20.1 Å². The Bertz CT molecular complexity index is 1080. The Balaban J connectivity index is 1.98. The van der Waals surface area contributed by atoms with Crippen LogP contribution < -0.4 is 5.32 Å². The molecule has 3 aromatic rings. The van der Waals surface area contributed by atoms with Gasteiger partial charge in [0.25, 0.3) is 11.4 Å². The molecule has 0 saturated heterocycles. The molecule has 0 atom stereocenters. The highest BCUT2D eigenvalue weighted by atomic mass is 16.6. The van der Waals surface area contributed by atoms with Crippen LogP contribution in [0.1, 0.15) is 15.9 Å². The van der Waals surface area contributed by atoms with Gasteiger partial charge in [0.1, 0.15) is 5.69 Å². The fourth-order valence-electron chi connectivity index (χ4n) is 2.61. The first-order valence-corrected chi connectivity index (χ1v) is 8.14. The molecule has 12 nitrogen and oxygen atoms in total. The van der Waals surface area contributed by atoms with Crippen molar-refractivity contribution in [3.8, 4) is 5.82 Å². The number of nitrogens with one attached hydrogen (secondary N) is 1. The summed E-state index contributed by atoms with van der Waals surface area (Å²) in [5.41, 5.74) is -0.998. The largest absolute Gasteiger partial charge is 0.465 e. The van der Waals surface area contributed by atoms with Gasteiger partial charge in [-0.25, -0.2) is 14.5 Å². The van der Waals surface area contributed by atoms with E-state index in [-0.39, 0.29) is 17.8 Å². The fraction of sp³-hybridized carbons (Fsp3) is 0.118. The topological polar surface area (TPSA) is 155 Å². The minimum Gasteiger partial charge on any atom is -0.465 e. The van der Waals surface area contributed by atoms with Gasteiger partial charge in [0, 0.05) is 31.2 Å². The van der Waals surface area contributed by atoms with Gasteiger partial charge in [0.05, 0.1) is 28.6 Å². The molecule has 1 N–H and O–H groups in total. The molecule has 2 aromatic heterocycles. The van der Waals surface area contributed by atoms with E-state index in [4.69, 9.17) is 0 Å². The van der Waals surface area contributed by atoms with Crippen molar-refractivity contribution in [1.29, 1.82) is 0 Å². The van der Waals surface area contributed by atoms with Gasteiger partial charge in [-0.05, 0) is 23.8 Å². The molecule has 12 heteroatoms. The molecule has 0 amide bonds. The maximum atomic E-state index is 12.1. The number of methoxy groups -OCH3 is 1. The predicted octanol–water partition coefficient (Wildman–Crippen LogP) is 2.48. The lowest BCUT2D eigenvalue weighted by Crippen LogP contribution is -2.12. The number of esters is 1. The van der Waals surface area contributed by atoms with E-state index in [1.807, 2.05) is 0 Å². The zero-order valence-electron chi connectivity index (χ0n) is 15.0. The molecule has 0 aliphatic rings. The van der Waals surface area contributed by atoms with Crippen LogP contribution in [0, 0.1) is 20.2 Å². The summed E-state index contributed by atoms with van der Waals surface area (Å²) in [5.74, 6) is -0.410. The lowest BCUT2D eigenvalue weighted by molar-refractivity contribution is -0.393. The first-order chi connectivity index (χ1) is 13.9. The van der Waals surface area contributed by atoms with Gasteiger partial charge in [-0.2, -0.15) is 5.10 Å². The number of nitrogens with zero attached hydrogens (tertiary/aromatic N) is 5. The Labute approximate surface area is 163 Å². The summed E-state index contributed by atoms with van der Waals surface area (Å²) in [4.78, 5) is 37.2. The molecule has 0 aliphatic carbocycles. The van der Waals surface area contributed by atoms with Crippen LogP contribution in [0.3, 0.4) is 0 Å². The maximum absolute atomic E-state index is 12.1. The SMILES string of the molecule is COC(=O)c1cc([N+](=O)[O-])cc([N+](=O)[O-])c1NCc1ccnc(-n2cccn2)c1. The Morgan fingerprint density at radius 3 is 2.62 bits per heavy atom. The van der Waals surface area contributed by atoms with Crippen LogP contribution >= 0.6 is 0 Å². The monoisotopic (exact) mass is 398 g/mol. The Morgan fingerprint density at radius 1 is 1.21 bits per heavy atom. The molecular formula is C17H14N6O6. The molecular weight excluding hydrogens is 384 g/mol. The molecule has 2 heterocycles. The molecule has 0 bridgehead atoms. The molecule has 29 heavy (non-hydrogen) atoms. The number of carbonyl (C=O) groups is 1. The zero-order valence-corrected chi connectivity index (χ0v) is 15.0. The van der Waals surface area contributed by atoms with Crippen LogP contribution in [0.25, 0.3) is 5.82 Å². The average Bonchev–Trinajstić information content (AvgIpc) is 3.26. The quantitative estimate of drug-likeness (QED) is 0.359. The number of nitro groups is 2. The number of non-ortho nitro benzene ring substituents is 1. The summed E-state index contributed by atoms with van der Waals surface area (Å²) in [6, 6.07) is 6.83. The van der Waals surface area contributed by atoms with Crippen molar-refractivity contribution in [1.82, 2.24) is 14.8 Å². The molecule has 0 saturated carbocycles. The smallest absolute Gasteiger partial charge is 0.340 e. The predicted molar refractivity (Wildman–Crippen MR) is 99.8 cm³/mol. The Morgan fingerprint density at radius 2 is 2.00 bits per heavy atom. The van der Waals surface area contributed by atoms with E-state index >= 15 is 0 Å². The lowest BCUT2D eigenvalue weighted by Gasteiger charge is -2.12. The number of nitro benzene ring substituents is 2. The Hall–Kier alpha value is -4.35. The fourth-order valence-corrected chi connectivity index (χ4v) is 2.61. The van der Waals surface area contributed by atoms with E-state index in [1.165, 1.54) is 4.68 Å². The molecule has 1 aromatic carbocycles. The van der Waals surface area contributed by atoms with Crippen LogP contribution in [0.15, 0.2) is 48.9 Å². The summed E-state index contributed by atoms with van der Waals surface area (Å²) >= 11 is 0. The van der Waals surface area contributed by atoms with Gasteiger partial charge >= 0.3 is 5.97 Å². The summed E-state index contributed by atoms with van der Waals surface area (Å²) in [6.07, 6.45) is 4.84. The van der Waals surface area contributed by atoms with E-state index in [9.17, 15) is 25.0 Å². The second-order valence-electron chi connectivity index (χ2n) is 5.72. The third-order valence-electron chi connectivity index (χ3n) is 3.93. The van der Waals surface area contributed by atoms with Crippen molar-refractivity contribution in [2.45, 2.75) is 6.54 Å². The number of pyridine rings is 1. The van der Waals surface area contributed by atoms with Gasteiger partial charge in [-0.15, -0.1) is 0 Å². The summed E-state index contributed by atoms with van der Waals surface area (Å²) < 4.78 is 6.16. The molecule has 0 aliphatic heterocycles. The molecule has 3 rings (SSSR count). The van der Waals surface area contributed by atoms with Crippen LogP contribution in [-0.2, 0) is 11.3 Å². The van der Waals surface area contributed by atoms with Crippen molar-refractivity contribution in [3.05, 3.63) is 80.3 Å². The number of anilines is 1. The highest BCUT2D eigenvalue weighted by Crippen LogP contribution is 2.34. The van der Waals surface area contributed by atoms with Gasteiger partial charge in [-0.1, -0.05) is 0 Å². The highest BCUT2D eigenvalue weighted by molar-refractivity contribution is 5.99. The normalized spacial score (nSPS) is 10.4. The number of hydrogen-bond donors (Lipinski definition) is 1. The third kappa shape index (κ3) is 4.16. The standard InChI is InChI=1S/C17H14N6O6/c1-29-17(24)13-8-12(22(25)26)9-14(23(27)28)16(13)19-10-11-3-5-18-15(7-11)21-6-2-4-20-21/h2-9,19H,10H2,1H3. The van der Waals surface area contributed by atoms with Gasteiger partial charge in [-0.3, -0.25) is 20.2 Å². The van der Waals surface area contributed by atoms with E-state index in [0.717, 1.165) is 19.2 Å². The number of aromatic nitrogens is 3. The van der Waals surface area contributed by atoms with Gasteiger partial charge < -0.3 is 10.1 Å².